The minimum atomic E-state index is -3.55. The van der Waals surface area contributed by atoms with Crippen LogP contribution in [0.4, 0.5) is 4.39 Å². The van der Waals surface area contributed by atoms with Crippen LogP contribution in [0.2, 0.25) is 0 Å². The first-order valence-corrected chi connectivity index (χ1v) is 17.4. The van der Waals surface area contributed by atoms with Crippen molar-refractivity contribution in [2.45, 2.75) is 61.5 Å². The Bertz CT molecular complexity index is 1450. The number of rotatable bonds is 11. The maximum Gasteiger partial charge on any atom is 0.240 e. The van der Waals surface area contributed by atoms with Crippen LogP contribution in [0.3, 0.4) is 0 Å². The van der Waals surface area contributed by atoms with Gasteiger partial charge in [0.1, 0.15) is 11.4 Å². The molecule has 3 fully saturated rings. The van der Waals surface area contributed by atoms with E-state index in [1.807, 2.05) is 9.80 Å². The summed E-state index contributed by atoms with van der Waals surface area (Å²) < 4.78 is 40.2. The zero-order chi connectivity index (χ0) is 32.2. The highest BCUT2D eigenvalue weighted by molar-refractivity contribution is 7.89. The number of piperidine rings is 1. The van der Waals surface area contributed by atoms with Gasteiger partial charge in [-0.3, -0.25) is 9.59 Å². The maximum absolute atomic E-state index is 13.8. The fourth-order valence-electron chi connectivity index (χ4n) is 7.27. The number of likely N-dealkylation sites (tertiary alicyclic amines) is 2. The standard InChI is InChI=1S/C34H45FN4O5S/c1-3-18-39(32(40)21-25-8-14-31(15-9-25)45(43,44)36-2)30-16-19-37(20-17-30)22-28-23-38(33(41)26-6-4-5-7-26)24-34(28,42)27-10-12-29(35)13-11-27/h3,8-15,26,28,30,36,42H,1,4-7,16-24H2,2H3/t28-,34-/m0/s1. The van der Waals surface area contributed by atoms with Crippen molar-refractivity contribution in [1.29, 1.82) is 0 Å². The Labute approximate surface area is 266 Å². The van der Waals surface area contributed by atoms with Gasteiger partial charge in [0.15, 0.2) is 0 Å². The van der Waals surface area contributed by atoms with E-state index in [-0.39, 0.29) is 53.4 Å². The molecule has 9 nitrogen and oxygen atoms in total. The fourth-order valence-corrected chi connectivity index (χ4v) is 8.00. The van der Waals surface area contributed by atoms with Crippen LogP contribution < -0.4 is 4.72 Å². The van der Waals surface area contributed by atoms with E-state index in [2.05, 4.69) is 16.2 Å². The first-order valence-electron chi connectivity index (χ1n) is 16.0. The van der Waals surface area contributed by atoms with E-state index in [0.717, 1.165) is 57.2 Å². The number of aliphatic hydroxyl groups is 1. The Kier molecular flexibility index (Phi) is 10.4. The average molecular weight is 641 g/mol. The lowest BCUT2D eigenvalue weighted by Crippen LogP contribution is -2.50. The monoisotopic (exact) mass is 640 g/mol. The summed E-state index contributed by atoms with van der Waals surface area (Å²) in [6.07, 6.45) is 7.30. The van der Waals surface area contributed by atoms with E-state index in [1.54, 1.807) is 30.3 Å². The lowest BCUT2D eigenvalue weighted by atomic mass is 9.83. The molecule has 0 radical (unpaired) electrons. The Balaban J connectivity index is 1.23. The highest BCUT2D eigenvalue weighted by Crippen LogP contribution is 2.40. The number of nitrogens with one attached hydrogen (secondary N) is 1. The molecule has 2 atom stereocenters. The van der Waals surface area contributed by atoms with E-state index in [9.17, 15) is 27.5 Å². The molecule has 0 unspecified atom stereocenters. The third kappa shape index (κ3) is 7.48. The number of benzene rings is 2. The first kappa shape index (κ1) is 33.2. The van der Waals surface area contributed by atoms with Crippen molar-refractivity contribution in [2.75, 3.05) is 46.3 Å². The van der Waals surface area contributed by atoms with Crippen LogP contribution in [-0.2, 0) is 31.6 Å². The Morgan fingerprint density at radius 2 is 1.71 bits per heavy atom. The smallest absolute Gasteiger partial charge is 0.240 e. The molecule has 2 amide bonds. The van der Waals surface area contributed by atoms with Gasteiger partial charge in [-0.1, -0.05) is 43.2 Å². The second-order valence-corrected chi connectivity index (χ2v) is 14.6. The number of nitrogens with zero attached hydrogens (tertiary/aromatic N) is 3. The van der Waals surface area contributed by atoms with Gasteiger partial charge in [-0.05, 0) is 68.1 Å². The van der Waals surface area contributed by atoms with Crippen molar-refractivity contribution in [1.82, 2.24) is 19.4 Å². The molecular formula is C34H45FN4O5S. The van der Waals surface area contributed by atoms with E-state index >= 15 is 0 Å². The highest BCUT2D eigenvalue weighted by Gasteiger charge is 2.49. The van der Waals surface area contributed by atoms with Crippen LogP contribution >= 0.6 is 0 Å². The molecule has 1 saturated carbocycles. The zero-order valence-corrected chi connectivity index (χ0v) is 26.9. The predicted octanol–water partition coefficient (Wildman–Crippen LogP) is 3.29. The van der Waals surface area contributed by atoms with E-state index in [0.29, 0.717) is 25.2 Å². The van der Waals surface area contributed by atoms with E-state index in [4.69, 9.17) is 0 Å². The number of hydrogen-bond donors (Lipinski definition) is 2. The quantitative estimate of drug-likeness (QED) is 0.365. The summed E-state index contributed by atoms with van der Waals surface area (Å²) >= 11 is 0. The maximum atomic E-state index is 13.8. The molecule has 0 bridgehead atoms. The normalized spacial score (nSPS) is 23.4. The van der Waals surface area contributed by atoms with Crippen LogP contribution in [0.5, 0.6) is 0 Å². The van der Waals surface area contributed by atoms with Crippen molar-refractivity contribution in [2.24, 2.45) is 11.8 Å². The summed E-state index contributed by atoms with van der Waals surface area (Å²) in [6.45, 7) is 6.99. The molecule has 11 heteroatoms. The summed E-state index contributed by atoms with van der Waals surface area (Å²) in [5.74, 6) is -0.503. The van der Waals surface area contributed by atoms with Crippen molar-refractivity contribution in [3.05, 3.63) is 78.1 Å². The van der Waals surface area contributed by atoms with Crippen molar-refractivity contribution < 1.29 is 27.5 Å². The molecule has 0 spiro atoms. The summed E-state index contributed by atoms with van der Waals surface area (Å²) in [4.78, 5) is 32.9. The van der Waals surface area contributed by atoms with Gasteiger partial charge >= 0.3 is 0 Å². The van der Waals surface area contributed by atoms with E-state index < -0.39 is 15.6 Å². The number of halogens is 1. The molecule has 0 aromatic heterocycles. The molecule has 244 valence electrons. The molecule has 2 heterocycles. The lowest BCUT2D eigenvalue weighted by molar-refractivity contribution is -0.135. The second kappa shape index (κ2) is 14.1. The molecule has 2 N–H and O–H groups in total. The molecule has 2 aromatic carbocycles. The van der Waals surface area contributed by atoms with Crippen LogP contribution in [0.25, 0.3) is 0 Å². The number of amides is 2. The summed E-state index contributed by atoms with van der Waals surface area (Å²) in [5.41, 5.74) is 0.0931. The number of hydrogen-bond acceptors (Lipinski definition) is 6. The van der Waals surface area contributed by atoms with Crippen molar-refractivity contribution in [3.8, 4) is 0 Å². The first-order chi connectivity index (χ1) is 21.5. The molecular weight excluding hydrogens is 595 g/mol. The zero-order valence-electron chi connectivity index (χ0n) is 26.0. The Morgan fingerprint density at radius 1 is 1.07 bits per heavy atom. The minimum absolute atomic E-state index is 0.0182. The third-order valence-electron chi connectivity index (χ3n) is 9.89. The number of sulfonamides is 1. The summed E-state index contributed by atoms with van der Waals surface area (Å²) in [6, 6.07) is 12.3. The highest BCUT2D eigenvalue weighted by atomic mass is 32.2. The second-order valence-electron chi connectivity index (χ2n) is 12.7. The van der Waals surface area contributed by atoms with Crippen LogP contribution in [0.15, 0.2) is 66.1 Å². The summed E-state index contributed by atoms with van der Waals surface area (Å²) in [7, 11) is -2.19. The Morgan fingerprint density at radius 3 is 2.31 bits per heavy atom. The molecule has 3 aliphatic rings. The largest absolute Gasteiger partial charge is 0.383 e. The van der Waals surface area contributed by atoms with Gasteiger partial charge in [-0.25, -0.2) is 17.5 Å². The van der Waals surface area contributed by atoms with Crippen LogP contribution in [0.1, 0.15) is 49.7 Å². The van der Waals surface area contributed by atoms with Gasteiger partial charge < -0.3 is 19.8 Å². The number of β-amino-alcohol motifs (C(OH)–C–C–N with tert-alkyl or cyclic N) is 1. The number of carbonyl (C=O) groups is 2. The lowest BCUT2D eigenvalue weighted by Gasteiger charge is -2.40. The molecule has 1 aliphatic carbocycles. The molecule has 2 aliphatic heterocycles. The predicted molar refractivity (Wildman–Crippen MR) is 170 cm³/mol. The van der Waals surface area contributed by atoms with Crippen LogP contribution in [-0.4, -0.2) is 92.4 Å². The fraction of sp³-hybridized carbons (Fsp3) is 0.529. The van der Waals surface area contributed by atoms with Gasteiger partial charge in [-0.2, -0.15) is 0 Å². The average Bonchev–Trinajstić information content (AvgIpc) is 3.70. The third-order valence-corrected chi connectivity index (χ3v) is 11.3. The van der Waals surface area contributed by atoms with Gasteiger partial charge in [0, 0.05) is 50.6 Å². The molecule has 2 saturated heterocycles. The molecule has 2 aromatic rings. The van der Waals surface area contributed by atoms with Gasteiger partial charge in [0.25, 0.3) is 0 Å². The van der Waals surface area contributed by atoms with Crippen LogP contribution in [0, 0.1) is 17.7 Å². The number of carbonyl (C=O) groups excluding carboxylic acids is 2. The Hall–Kier alpha value is -3.12. The van der Waals surface area contributed by atoms with E-state index in [1.165, 1.54) is 31.3 Å². The van der Waals surface area contributed by atoms with Crippen molar-refractivity contribution in [3.63, 3.8) is 0 Å². The SMILES string of the molecule is C=CCN(C(=O)Cc1ccc(S(=O)(=O)NC)cc1)C1CCN(C[C@H]2CN(C(=O)C3CCCC3)C[C@]2(O)c2ccc(F)cc2)CC1. The van der Waals surface area contributed by atoms with Crippen molar-refractivity contribution >= 4 is 21.8 Å². The van der Waals surface area contributed by atoms with Gasteiger partial charge in [0.05, 0.1) is 17.9 Å². The van der Waals surface area contributed by atoms with Gasteiger partial charge in [0.2, 0.25) is 21.8 Å². The van der Waals surface area contributed by atoms with Gasteiger partial charge in [-0.15, -0.1) is 6.58 Å². The molecule has 45 heavy (non-hydrogen) atoms. The topological polar surface area (TPSA) is 110 Å². The summed E-state index contributed by atoms with van der Waals surface area (Å²) in [5, 5.41) is 12.1. The minimum Gasteiger partial charge on any atom is -0.383 e. The molecule has 5 rings (SSSR count).